The van der Waals surface area contributed by atoms with Crippen molar-refractivity contribution in [3.63, 3.8) is 0 Å². The van der Waals surface area contributed by atoms with E-state index in [2.05, 4.69) is 36.5 Å². The van der Waals surface area contributed by atoms with Crippen LogP contribution in [0.5, 0.6) is 0 Å². The van der Waals surface area contributed by atoms with Gasteiger partial charge >= 0.3 is 17.6 Å². The van der Waals surface area contributed by atoms with Crippen molar-refractivity contribution in [2.24, 2.45) is 23.2 Å². The van der Waals surface area contributed by atoms with Gasteiger partial charge in [-0.2, -0.15) is 9.67 Å². The first kappa shape index (κ1) is 19.7. The highest BCUT2D eigenvalue weighted by atomic mass is 79.9. The van der Waals surface area contributed by atoms with Crippen LogP contribution in [-0.2, 0) is 6.54 Å². The predicted molar refractivity (Wildman–Crippen MR) is 108 cm³/mol. The summed E-state index contributed by atoms with van der Waals surface area (Å²) in [5, 5.41) is 21.8. The smallest absolute Gasteiger partial charge is 0.358 e. The highest BCUT2D eigenvalue weighted by molar-refractivity contribution is 9.10. The average Bonchev–Trinajstić information content (AvgIpc) is 3.26. The van der Waals surface area contributed by atoms with Crippen molar-refractivity contribution in [3.05, 3.63) is 32.0 Å². The van der Waals surface area contributed by atoms with Crippen LogP contribution in [-0.4, -0.2) is 37.3 Å². The molecule has 1 N–H and O–H groups in total. The van der Waals surface area contributed by atoms with Gasteiger partial charge in [0, 0.05) is 6.54 Å². The number of carbonyl (C=O) groups excluding carboxylic acids is 1. The molecule has 10 nitrogen and oxygen atoms in total. The van der Waals surface area contributed by atoms with E-state index in [-0.39, 0.29) is 35.4 Å². The van der Waals surface area contributed by atoms with Gasteiger partial charge < -0.3 is 20.0 Å². The van der Waals surface area contributed by atoms with Gasteiger partial charge in [0.25, 0.3) is 0 Å². The van der Waals surface area contributed by atoms with Crippen LogP contribution in [0.4, 0.5) is 5.82 Å². The van der Waals surface area contributed by atoms with Gasteiger partial charge in [-0.25, -0.2) is 0 Å². The van der Waals surface area contributed by atoms with E-state index in [1.807, 2.05) is 0 Å². The molecule has 160 valence electrons. The van der Waals surface area contributed by atoms with Crippen molar-refractivity contribution < 1.29 is 14.2 Å². The zero-order chi connectivity index (χ0) is 21.0. The second kappa shape index (κ2) is 7.14. The van der Waals surface area contributed by atoms with E-state index in [0.29, 0.717) is 16.7 Å². The summed E-state index contributed by atoms with van der Waals surface area (Å²) in [5.74, 6) is 1.98. The molecular formula is C19H23BrN6O4. The lowest BCUT2D eigenvalue weighted by Gasteiger charge is -2.56. The fourth-order valence-electron chi connectivity index (χ4n) is 6.17. The second-order valence-electron chi connectivity index (χ2n) is 9.25. The summed E-state index contributed by atoms with van der Waals surface area (Å²) in [6.07, 6.45) is 7.71. The number of hydrogen-bond acceptors (Lipinski definition) is 7. The molecule has 0 unspecified atom stereocenters. The molecule has 0 radical (unpaired) electrons. The Morgan fingerprint density at radius 3 is 2.50 bits per heavy atom. The van der Waals surface area contributed by atoms with Crippen LogP contribution in [0.3, 0.4) is 0 Å². The van der Waals surface area contributed by atoms with Crippen LogP contribution in [0.1, 0.15) is 60.7 Å². The lowest BCUT2D eigenvalue weighted by molar-refractivity contribution is -0.390. The van der Waals surface area contributed by atoms with Gasteiger partial charge in [0.2, 0.25) is 0 Å². The molecule has 11 heteroatoms. The zero-order valence-electron chi connectivity index (χ0n) is 16.6. The summed E-state index contributed by atoms with van der Waals surface area (Å²) in [6, 6.07) is 0. The van der Waals surface area contributed by atoms with Crippen LogP contribution in [0.2, 0.25) is 0 Å². The fraction of sp³-hybridized carbons (Fsp3) is 0.684. The Hall–Kier alpha value is -2.30. The molecule has 4 bridgehead atoms. The van der Waals surface area contributed by atoms with E-state index >= 15 is 0 Å². The third kappa shape index (κ3) is 3.42. The molecule has 0 aliphatic heterocycles. The minimum atomic E-state index is -0.562. The first-order valence-electron chi connectivity index (χ1n) is 10.3. The van der Waals surface area contributed by atoms with Crippen molar-refractivity contribution in [1.29, 1.82) is 0 Å². The molecule has 2 aromatic rings. The molecule has 4 aliphatic rings. The van der Waals surface area contributed by atoms with Gasteiger partial charge in [0.1, 0.15) is 11.0 Å². The van der Waals surface area contributed by atoms with Gasteiger partial charge in [-0.3, -0.25) is 4.79 Å². The van der Waals surface area contributed by atoms with E-state index in [1.165, 1.54) is 43.2 Å². The van der Waals surface area contributed by atoms with Gasteiger partial charge in [-0.1, -0.05) is 5.16 Å². The summed E-state index contributed by atoms with van der Waals surface area (Å²) in [4.78, 5) is 27.2. The summed E-state index contributed by atoms with van der Waals surface area (Å²) in [6.45, 7) is 2.43. The first-order valence-corrected chi connectivity index (χ1v) is 11.1. The molecule has 4 aliphatic carbocycles. The van der Waals surface area contributed by atoms with Gasteiger partial charge in [0.05, 0.1) is 10.8 Å². The Bertz CT molecular complexity index is 980. The molecule has 0 atom stereocenters. The minimum absolute atomic E-state index is 0.0734. The molecule has 6 rings (SSSR count). The lowest BCUT2D eigenvalue weighted by Crippen LogP contribution is -2.51. The predicted octanol–water partition coefficient (Wildman–Crippen LogP) is 3.24. The summed E-state index contributed by atoms with van der Waals surface area (Å²) >= 11 is 3.18. The molecule has 4 fully saturated rings. The van der Waals surface area contributed by atoms with Gasteiger partial charge in [-0.15, -0.1) is 0 Å². The highest BCUT2D eigenvalue weighted by Crippen LogP contribution is 2.59. The number of nitrogens with zero attached hydrogens (tertiary/aromatic N) is 5. The topological polar surface area (TPSA) is 129 Å². The number of nitrogens with one attached hydrogen (secondary N) is 1. The summed E-state index contributed by atoms with van der Waals surface area (Å²) < 4.78 is 6.85. The number of aromatic nitrogens is 4. The van der Waals surface area contributed by atoms with E-state index in [0.717, 1.165) is 17.8 Å². The van der Waals surface area contributed by atoms with E-state index < -0.39 is 4.92 Å². The Morgan fingerprint density at radius 2 is 1.93 bits per heavy atom. The highest BCUT2D eigenvalue weighted by Gasteiger charge is 2.50. The summed E-state index contributed by atoms with van der Waals surface area (Å²) in [5.41, 5.74) is 0.796. The average molecular weight is 479 g/mol. The number of hydrogen-bond donors (Lipinski definition) is 1. The van der Waals surface area contributed by atoms with Crippen molar-refractivity contribution in [2.45, 2.75) is 52.0 Å². The molecule has 1 amide bonds. The normalized spacial score (nSPS) is 29.3. The molecule has 0 aromatic carbocycles. The minimum Gasteiger partial charge on any atom is -0.358 e. The Morgan fingerprint density at radius 1 is 1.30 bits per heavy atom. The molecule has 2 aromatic heterocycles. The fourth-order valence-corrected chi connectivity index (χ4v) is 6.60. The first-order chi connectivity index (χ1) is 14.3. The van der Waals surface area contributed by atoms with Crippen LogP contribution < -0.4 is 5.32 Å². The Labute approximate surface area is 181 Å². The van der Waals surface area contributed by atoms with Crippen LogP contribution in [0, 0.1) is 40.2 Å². The largest absolute Gasteiger partial charge is 0.404 e. The number of halogens is 1. The second-order valence-corrected chi connectivity index (χ2v) is 10.0. The number of nitro groups is 1. The van der Waals surface area contributed by atoms with E-state index in [4.69, 9.17) is 4.52 Å². The standard InChI is InChI=1S/C19H23BrN6O4/c1-10-15(20)16(26(28)29)23-25(10)8-14-22-18(30-24-14)17(27)21-9-19-5-11-2-12(6-19)4-13(3-11)7-19/h11-13H,2-9H2,1H3,(H,21,27). The van der Waals surface area contributed by atoms with Gasteiger partial charge in [-0.05, 0) is 89.5 Å². The summed E-state index contributed by atoms with van der Waals surface area (Å²) in [7, 11) is 0. The van der Waals surface area contributed by atoms with Crippen molar-refractivity contribution in [2.75, 3.05) is 6.54 Å². The SMILES string of the molecule is Cc1c(Br)c([N+](=O)[O-])nn1Cc1noc(C(=O)NCC23CC4CC(CC(C4)C2)C3)n1. The van der Waals surface area contributed by atoms with Crippen LogP contribution in [0.25, 0.3) is 0 Å². The maximum Gasteiger partial charge on any atom is 0.404 e. The maximum absolute atomic E-state index is 12.6. The van der Waals surface area contributed by atoms with Crippen molar-refractivity contribution in [1.82, 2.24) is 25.2 Å². The molecule has 0 spiro atoms. The third-order valence-electron chi connectivity index (χ3n) is 7.03. The van der Waals surface area contributed by atoms with Crippen LogP contribution in [0.15, 0.2) is 9.00 Å². The van der Waals surface area contributed by atoms with Crippen molar-refractivity contribution >= 4 is 27.7 Å². The number of carbonyl (C=O) groups is 1. The Balaban J connectivity index is 1.23. The monoisotopic (exact) mass is 478 g/mol. The molecule has 2 heterocycles. The van der Waals surface area contributed by atoms with Crippen molar-refractivity contribution in [3.8, 4) is 0 Å². The lowest BCUT2D eigenvalue weighted by atomic mass is 9.49. The quantitative estimate of drug-likeness (QED) is 0.498. The number of amides is 1. The van der Waals surface area contributed by atoms with Gasteiger partial charge in [0.15, 0.2) is 5.82 Å². The third-order valence-corrected chi connectivity index (χ3v) is 7.96. The molecule has 30 heavy (non-hydrogen) atoms. The van der Waals surface area contributed by atoms with E-state index in [9.17, 15) is 14.9 Å². The Kier molecular flexibility index (Phi) is 4.68. The molecule has 0 saturated heterocycles. The number of rotatable bonds is 6. The zero-order valence-corrected chi connectivity index (χ0v) is 18.2. The van der Waals surface area contributed by atoms with E-state index in [1.54, 1.807) is 6.92 Å². The maximum atomic E-state index is 12.6. The molecule has 4 saturated carbocycles. The molecular weight excluding hydrogens is 456 g/mol. The van der Waals surface area contributed by atoms with Crippen LogP contribution >= 0.6 is 15.9 Å².